The van der Waals surface area contributed by atoms with Crippen LogP contribution in [-0.4, -0.2) is 43.4 Å². The zero-order valence-corrected chi connectivity index (χ0v) is 8.28. The maximum absolute atomic E-state index is 11.2. The topological polar surface area (TPSA) is 81.9 Å². The van der Waals surface area contributed by atoms with Crippen LogP contribution < -0.4 is 5.73 Å². The van der Waals surface area contributed by atoms with Crippen LogP contribution in [0.4, 0.5) is 0 Å². The van der Waals surface area contributed by atoms with Gasteiger partial charge in [0.25, 0.3) is 0 Å². The SMILES string of the molecule is CN(C)C1(CN)OC(=O)CCC(=O)O1. The smallest absolute Gasteiger partial charge is 0.332 e. The van der Waals surface area contributed by atoms with Crippen LogP contribution in [0.5, 0.6) is 0 Å². The summed E-state index contributed by atoms with van der Waals surface area (Å²) >= 11 is 0. The van der Waals surface area contributed by atoms with Gasteiger partial charge in [0.05, 0.1) is 19.4 Å². The summed E-state index contributed by atoms with van der Waals surface area (Å²) in [6.45, 7) is -0.0858. The minimum Gasteiger partial charge on any atom is -0.407 e. The Hall–Kier alpha value is -1.14. The Morgan fingerprint density at radius 3 is 2.00 bits per heavy atom. The Bertz CT molecular complexity index is 234. The molecular formula is C8H14N2O4. The minimum atomic E-state index is -1.44. The molecule has 0 aromatic rings. The summed E-state index contributed by atoms with van der Waals surface area (Å²) in [5.41, 5.74) is 5.44. The first kappa shape index (κ1) is 10.9. The summed E-state index contributed by atoms with van der Waals surface area (Å²) in [5.74, 6) is -2.39. The van der Waals surface area contributed by atoms with Crippen molar-refractivity contribution in [1.82, 2.24) is 4.90 Å². The Labute approximate surface area is 81.9 Å². The van der Waals surface area contributed by atoms with Crippen molar-refractivity contribution in [2.75, 3.05) is 20.6 Å². The first-order valence-corrected chi connectivity index (χ1v) is 4.31. The van der Waals surface area contributed by atoms with Gasteiger partial charge in [0, 0.05) is 0 Å². The van der Waals surface area contributed by atoms with Crippen LogP contribution in [0.3, 0.4) is 0 Å². The van der Waals surface area contributed by atoms with E-state index in [4.69, 9.17) is 15.2 Å². The summed E-state index contributed by atoms with van der Waals surface area (Å²) in [6, 6.07) is 0. The van der Waals surface area contributed by atoms with E-state index >= 15 is 0 Å². The van der Waals surface area contributed by atoms with Crippen LogP contribution in [0, 0.1) is 0 Å². The summed E-state index contributed by atoms with van der Waals surface area (Å²) in [5, 5.41) is 0. The molecule has 1 heterocycles. The van der Waals surface area contributed by atoms with Crippen molar-refractivity contribution in [3.8, 4) is 0 Å². The van der Waals surface area contributed by atoms with Crippen molar-refractivity contribution < 1.29 is 19.1 Å². The van der Waals surface area contributed by atoms with E-state index in [-0.39, 0.29) is 19.4 Å². The van der Waals surface area contributed by atoms with Crippen LogP contribution in [0.15, 0.2) is 0 Å². The third kappa shape index (κ3) is 2.02. The number of nitrogens with two attached hydrogens (primary N) is 1. The number of rotatable bonds is 2. The van der Waals surface area contributed by atoms with E-state index in [0.29, 0.717) is 0 Å². The molecule has 1 rings (SSSR count). The molecule has 1 saturated heterocycles. The lowest BCUT2D eigenvalue weighted by Gasteiger charge is -2.34. The van der Waals surface area contributed by atoms with E-state index in [1.807, 2.05) is 0 Å². The second kappa shape index (κ2) is 3.93. The number of carbonyl (C=O) groups excluding carboxylic acids is 2. The molecule has 0 aliphatic carbocycles. The van der Waals surface area contributed by atoms with E-state index in [1.54, 1.807) is 14.1 Å². The fourth-order valence-corrected chi connectivity index (χ4v) is 1.13. The average molecular weight is 202 g/mol. The van der Waals surface area contributed by atoms with Gasteiger partial charge in [-0.15, -0.1) is 0 Å². The Balaban J connectivity index is 2.91. The second-order valence-electron chi connectivity index (χ2n) is 3.26. The number of nitrogens with zero attached hydrogens (tertiary/aromatic N) is 1. The number of carbonyl (C=O) groups is 2. The lowest BCUT2D eigenvalue weighted by Crippen LogP contribution is -2.55. The minimum absolute atomic E-state index is 0.0361. The van der Waals surface area contributed by atoms with E-state index in [0.717, 1.165) is 0 Å². The maximum atomic E-state index is 11.2. The van der Waals surface area contributed by atoms with Gasteiger partial charge >= 0.3 is 17.8 Å². The zero-order chi connectivity index (χ0) is 10.8. The van der Waals surface area contributed by atoms with Gasteiger partial charge in [-0.2, -0.15) is 0 Å². The summed E-state index contributed by atoms with van der Waals surface area (Å²) in [6.07, 6.45) is 0.0723. The van der Waals surface area contributed by atoms with E-state index in [2.05, 4.69) is 0 Å². The van der Waals surface area contributed by atoms with E-state index < -0.39 is 17.8 Å². The number of cyclic esters (lactones) is 2. The molecule has 1 aliphatic rings. The molecule has 1 fully saturated rings. The molecule has 6 heteroatoms. The first-order valence-electron chi connectivity index (χ1n) is 4.31. The molecule has 0 saturated carbocycles. The predicted octanol–water partition coefficient (Wildman–Crippen LogP) is -0.959. The van der Waals surface area contributed by atoms with Gasteiger partial charge in [0.1, 0.15) is 0 Å². The molecule has 80 valence electrons. The molecular weight excluding hydrogens is 188 g/mol. The monoisotopic (exact) mass is 202 g/mol. The van der Waals surface area contributed by atoms with Crippen molar-refractivity contribution >= 4 is 11.9 Å². The first-order chi connectivity index (χ1) is 6.50. The Kier molecular flexibility index (Phi) is 3.07. The Morgan fingerprint density at radius 1 is 1.29 bits per heavy atom. The van der Waals surface area contributed by atoms with Crippen LogP contribution in [0.25, 0.3) is 0 Å². The summed E-state index contributed by atoms with van der Waals surface area (Å²) in [4.78, 5) is 23.8. The van der Waals surface area contributed by atoms with Crippen molar-refractivity contribution in [3.05, 3.63) is 0 Å². The highest BCUT2D eigenvalue weighted by molar-refractivity contribution is 5.79. The standard InChI is InChI=1S/C8H14N2O4/c1-10(2)8(5-9)13-6(11)3-4-7(12)14-8/h3-5,9H2,1-2H3. The van der Waals surface area contributed by atoms with Crippen LogP contribution in [0.2, 0.25) is 0 Å². The van der Waals surface area contributed by atoms with Crippen molar-refractivity contribution in [2.45, 2.75) is 18.8 Å². The third-order valence-corrected chi connectivity index (χ3v) is 2.02. The molecule has 1 aliphatic heterocycles. The van der Waals surface area contributed by atoms with Gasteiger partial charge in [-0.05, 0) is 14.1 Å². The fourth-order valence-electron chi connectivity index (χ4n) is 1.13. The normalized spacial score (nSPS) is 21.4. The Morgan fingerprint density at radius 2 is 1.71 bits per heavy atom. The molecule has 0 radical (unpaired) electrons. The van der Waals surface area contributed by atoms with Crippen molar-refractivity contribution in [3.63, 3.8) is 0 Å². The molecule has 0 bridgehead atoms. The van der Waals surface area contributed by atoms with Crippen molar-refractivity contribution in [1.29, 1.82) is 0 Å². The number of esters is 2. The molecule has 6 nitrogen and oxygen atoms in total. The van der Waals surface area contributed by atoms with Crippen LogP contribution >= 0.6 is 0 Å². The lowest BCUT2D eigenvalue weighted by atomic mass is 10.3. The molecule has 0 aromatic heterocycles. The van der Waals surface area contributed by atoms with Gasteiger partial charge in [0.15, 0.2) is 0 Å². The van der Waals surface area contributed by atoms with Gasteiger partial charge in [-0.1, -0.05) is 0 Å². The molecule has 0 amide bonds. The van der Waals surface area contributed by atoms with E-state index in [1.165, 1.54) is 4.90 Å². The maximum Gasteiger partial charge on any atom is 0.332 e. The van der Waals surface area contributed by atoms with Gasteiger partial charge in [-0.25, -0.2) is 4.90 Å². The predicted molar refractivity (Wildman–Crippen MR) is 46.9 cm³/mol. The highest BCUT2D eigenvalue weighted by atomic mass is 16.8. The summed E-state index contributed by atoms with van der Waals surface area (Å²) in [7, 11) is 3.25. The highest BCUT2D eigenvalue weighted by Gasteiger charge is 2.42. The van der Waals surface area contributed by atoms with Gasteiger partial charge in [0.2, 0.25) is 0 Å². The fraction of sp³-hybridized carbons (Fsp3) is 0.750. The second-order valence-corrected chi connectivity index (χ2v) is 3.26. The summed E-state index contributed by atoms with van der Waals surface area (Å²) < 4.78 is 10.00. The van der Waals surface area contributed by atoms with Crippen LogP contribution in [0.1, 0.15) is 12.8 Å². The quantitative estimate of drug-likeness (QED) is 0.581. The zero-order valence-electron chi connectivity index (χ0n) is 8.28. The van der Waals surface area contributed by atoms with Crippen molar-refractivity contribution in [2.24, 2.45) is 5.73 Å². The molecule has 0 spiro atoms. The molecule has 0 aromatic carbocycles. The largest absolute Gasteiger partial charge is 0.407 e. The average Bonchev–Trinajstić information content (AvgIpc) is 2.26. The van der Waals surface area contributed by atoms with Crippen LogP contribution in [-0.2, 0) is 19.1 Å². The number of ether oxygens (including phenoxy) is 2. The van der Waals surface area contributed by atoms with E-state index in [9.17, 15) is 9.59 Å². The number of hydrogen-bond acceptors (Lipinski definition) is 6. The number of hydrogen-bond donors (Lipinski definition) is 1. The number of likely N-dealkylation sites (N-methyl/N-ethyl adjacent to an activating group) is 1. The molecule has 0 unspecified atom stereocenters. The molecule has 14 heavy (non-hydrogen) atoms. The third-order valence-electron chi connectivity index (χ3n) is 2.02. The van der Waals surface area contributed by atoms with Gasteiger partial charge < -0.3 is 15.2 Å². The molecule has 2 N–H and O–H groups in total. The lowest BCUT2D eigenvalue weighted by molar-refractivity contribution is -0.267. The highest BCUT2D eigenvalue weighted by Crippen LogP contribution is 2.20. The van der Waals surface area contributed by atoms with Gasteiger partial charge in [-0.3, -0.25) is 9.59 Å². The molecule has 0 atom stereocenters.